The summed E-state index contributed by atoms with van der Waals surface area (Å²) in [6.45, 7) is 4.14. The van der Waals surface area contributed by atoms with Crippen LogP contribution in [0.3, 0.4) is 0 Å². The van der Waals surface area contributed by atoms with Gasteiger partial charge in [0.1, 0.15) is 17.3 Å². The van der Waals surface area contributed by atoms with E-state index in [0.717, 1.165) is 49.5 Å². The zero-order chi connectivity index (χ0) is 24.8. The molecule has 1 saturated heterocycles. The molecule has 11 heteroatoms. The first-order valence-electron chi connectivity index (χ1n) is 11.0. The third-order valence-electron chi connectivity index (χ3n) is 5.55. The number of piperazine rings is 1. The highest BCUT2D eigenvalue weighted by molar-refractivity contribution is 7.14. The monoisotopic (exact) mass is 506 g/mol. The van der Waals surface area contributed by atoms with Crippen molar-refractivity contribution < 1.29 is 27.4 Å². The van der Waals surface area contributed by atoms with Crippen molar-refractivity contribution in [3.05, 3.63) is 70.0 Å². The summed E-state index contributed by atoms with van der Waals surface area (Å²) in [5, 5.41) is 2.68. The van der Waals surface area contributed by atoms with E-state index in [9.17, 15) is 18.0 Å². The van der Waals surface area contributed by atoms with E-state index in [4.69, 9.17) is 4.74 Å². The molecule has 7 nitrogen and oxygen atoms in total. The van der Waals surface area contributed by atoms with Gasteiger partial charge in [-0.05, 0) is 36.4 Å². The molecule has 1 fully saturated rings. The van der Waals surface area contributed by atoms with E-state index in [1.165, 1.54) is 30.6 Å². The van der Waals surface area contributed by atoms with Gasteiger partial charge in [-0.15, -0.1) is 24.5 Å². The molecule has 3 aromatic rings. The molecule has 0 bridgehead atoms. The number of pyridine rings is 1. The summed E-state index contributed by atoms with van der Waals surface area (Å²) in [6, 6.07) is 13.6. The molecule has 1 aliphatic heterocycles. The molecule has 0 radical (unpaired) electrons. The summed E-state index contributed by atoms with van der Waals surface area (Å²) in [5.74, 6) is 0.440. The Morgan fingerprint density at radius 3 is 2.60 bits per heavy atom. The molecule has 1 amide bonds. The van der Waals surface area contributed by atoms with Gasteiger partial charge in [0, 0.05) is 62.0 Å². The average molecular weight is 507 g/mol. The van der Waals surface area contributed by atoms with Crippen LogP contribution >= 0.6 is 11.3 Å². The second-order valence-electron chi connectivity index (χ2n) is 7.92. The van der Waals surface area contributed by atoms with Gasteiger partial charge in [0.2, 0.25) is 0 Å². The van der Waals surface area contributed by atoms with Crippen molar-refractivity contribution in [2.24, 2.45) is 0 Å². The average Bonchev–Trinajstić information content (AvgIpc) is 3.31. The molecule has 0 saturated carbocycles. The number of rotatable bonds is 8. The summed E-state index contributed by atoms with van der Waals surface area (Å²) < 4.78 is 47.4. The molecular formula is C24H25F3N4O3S. The van der Waals surface area contributed by atoms with E-state index >= 15 is 0 Å². The lowest BCUT2D eigenvalue weighted by Gasteiger charge is -2.35. The predicted molar refractivity (Wildman–Crippen MR) is 127 cm³/mol. The SMILES string of the molecule is COc1ccc(CNC(=O)c2ccc(CN3CCN(c4ccccn4)CC3)s2)c(OC(F)(F)F)c1. The van der Waals surface area contributed by atoms with Gasteiger partial charge in [-0.25, -0.2) is 4.98 Å². The van der Waals surface area contributed by atoms with E-state index in [1.54, 1.807) is 12.3 Å². The van der Waals surface area contributed by atoms with Crippen molar-refractivity contribution in [3.8, 4) is 11.5 Å². The fourth-order valence-corrected chi connectivity index (χ4v) is 4.74. The smallest absolute Gasteiger partial charge is 0.497 e. The topological polar surface area (TPSA) is 66.9 Å². The molecule has 0 aliphatic carbocycles. The van der Waals surface area contributed by atoms with Gasteiger partial charge in [-0.2, -0.15) is 0 Å². The Morgan fingerprint density at radius 2 is 1.91 bits per heavy atom. The standard InChI is InChI=1S/C24H25F3N4O3S/c1-33-18-6-5-17(20(14-18)34-24(25,26)27)15-29-23(32)21-8-7-19(35-21)16-30-10-12-31(13-11-30)22-4-2-3-9-28-22/h2-9,14H,10-13,15-16H2,1H3,(H,29,32). The molecule has 3 heterocycles. The molecule has 4 rings (SSSR count). The molecule has 1 N–H and O–H groups in total. The number of carbonyl (C=O) groups excluding carboxylic acids is 1. The Labute approximate surface area is 205 Å². The number of aromatic nitrogens is 1. The number of hydrogen-bond acceptors (Lipinski definition) is 7. The van der Waals surface area contributed by atoms with Gasteiger partial charge >= 0.3 is 6.36 Å². The maximum atomic E-state index is 12.8. The van der Waals surface area contributed by atoms with E-state index < -0.39 is 12.1 Å². The van der Waals surface area contributed by atoms with Crippen LogP contribution in [0.15, 0.2) is 54.7 Å². The number of hydrogen-bond donors (Lipinski definition) is 1. The normalized spacial score (nSPS) is 14.6. The second-order valence-corrected chi connectivity index (χ2v) is 9.09. The molecule has 2 aromatic heterocycles. The second kappa shape index (κ2) is 11.0. The number of ether oxygens (including phenoxy) is 2. The summed E-state index contributed by atoms with van der Waals surface area (Å²) in [6.07, 6.45) is -3.06. The predicted octanol–water partition coefficient (Wildman–Crippen LogP) is 4.30. The molecule has 0 atom stereocenters. The number of thiophene rings is 1. The van der Waals surface area contributed by atoms with Gasteiger partial charge in [0.05, 0.1) is 12.0 Å². The minimum atomic E-state index is -4.85. The van der Waals surface area contributed by atoms with Crippen molar-refractivity contribution in [1.82, 2.24) is 15.2 Å². The number of nitrogens with zero attached hydrogens (tertiary/aromatic N) is 3. The lowest BCUT2D eigenvalue weighted by Crippen LogP contribution is -2.46. The maximum Gasteiger partial charge on any atom is 0.573 e. The van der Waals surface area contributed by atoms with Crippen molar-refractivity contribution in [1.29, 1.82) is 0 Å². The molecule has 1 aromatic carbocycles. The minimum absolute atomic E-state index is 0.114. The lowest BCUT2D eigenvalue weighted by atomic mass is 10.2. The molecule has 0 unspecified atom stereocenters. The lowest BCUT2D eigenvalue weighted by molar-refractivity contribution is -0.274. The number of alkyl halides is 3. The van der Waals surface area contributed by atoms with Crippen LogP contribution in [-0.4, -0.2) is 55.4 Å². The van der Waals surface area contributed by atoms with E-state index in [1.807, 2.05) is 24.3 Å². The minimum Gasteiger partial charge on any atom is -0.497 e. The maximum absolute atomic E-state index is 12.8. The highest BCUT2D eigenvalue weighted by Crippen LogP contribution is 2.30. The Hall–Kier alpha value is -3.31. The van der Waals surface area contributed by atoms with Crippen LogP contribution in [0.4, 0.5) is 19.0 Å². The Morgan fingerprint density at radius 1 is 1.11 bits per heavy atom. The zero-order valence-corrected chi connectivity index (χ0v) is 19.9. The first kappa shape index (κ1) is 24.8. The molecule has 35 heavy (non-hydrogen) atoms. The van der Waals surface area contributed by atoms with Crippen molar-refractivity contribution in [3.63, 3.8) is 0 Å². The van der Waals surface area contributed by atoms with Crippen molar-refractivity contribution in [2.45, 2.75) is 19.5 Å². The molecule has 1 aliphatic rings. The molecule has 0 spiro atoms. The summed E-state index contributed by atoms with van der Waals surface area (Å²) in [4.78, 5) is 23.1. The summed E-state index contributed by atoms with van der Waals surface area (Å²) in [5.41, 5.74) is 0.194. The van der Waals surface area contributed by atoms with E-state index in [0.29, 0.717) is 4.88 Å². The first-order valence-corrected chi connectivity index (χ1v) is 11.8. The molecular weight excluding hydrogens is 481 g/mol. The highest BCUT2D eigenvalue weighted by atomic mass is 32.1. The van der Waals surface area contributed by atoms with Crippen LogP contribution in [0.5, 0.6) is 11.5 Å². The van der Waals surface area contributed by atoms with Gasteiger partial charge in [-0.3, -0.25) is 9.69 Å². The van der Waals surface area contributed by atoms with Crippen LogP contribution in [-0.2, 0) is 13.1 Å². The number of halogens is 3. The van der Waals surface area contributed by atoms with Crippen molar-refractivity contribution >= 4 is 23.1 Å². The van der Waals surface area contributed by atoms with Gasteiger partial charge in [-0.1, -0.05) is 6.07 Å². The third-order valence-corrected chi connectivity index (χ3v) is 6.62. The Balaban J connectivity index is 1.31. The fourth-order valence-electron chi connectivity index (χ4n) is 3.77. The van der Waals surface area contributed by atoms with Crippen LogP contribution in [0.1, 0.15) is 20.1 Å². The van der Waals surface area contributed by atoms with E-state index in [-0.39, 0.29) is 23.8 Å². The highest BCUT2D eigenvalue weighted by Gasteiger charge is 2.32. The third kappa shape index (κ3) is 6.86. The first-order chi connectivity index (χ1) is 16.8. The van der Waals surface area contributed by atoms with Gasteiger partial charge in [0.25, 0.3) is 5.91 Å². The van der Waals surface area contributed by atoms with E-state index in [2.05, 4.69) is 24.8 Å². The van der Waals surface area contributed by atoms with Crippen LogP contribution in [0, 0.1) is 0 Å². The van der Waals surface area contributed by atoms with Crippen LogP contribution in [0.25, 0.3) is 0 Å². The van der Waals surface area contributed by atoms with Crippen molar-refractivity contribution in [2.75, 3.05) is 38.2 Å². The number of carbonyl (C=O) groups is 1. The Kier molecular flexibility index (Phi) is 7.76. The largest absolute Gasteiger partial charge is 0.573 e. The molecule has 186 valence electrons. The van der Waals surface area contributed by atoms with Gasteiger partial charge in [0.15, 0.2) is 0 Å². The summed E-state index contributed by atoms with van der Waals surface area (Å²) in [7, 11) is 1.35. The quantitative estimate of drug-likeness (QED) is 0.492. The zero-order valence-electron chi connectivity index (χ0n) is 19.0. The number of methoxy groups -OCH3 is 1. The van der Waals surface area contributed by atoms with Gasteiger partial charge < -0.3 is 19.7 Å². The number of anilines is 1. The summed E-state index contributed by atoms with van der Waals surface area (Å²) >= 11 is 1.38. The number of benzene rings is 1. The fraction of sp³-hybridized carbons (Fsp3) is 0.333. The Bertz CT molecular complexity index is 1130. The van der Waals surface area contributed by atoms with Crippen LogP contribution in [0.2, 0.25) is 0 Å². The number of nitrogens with one attached hydrogen (secondary N) is 1. The number of amides is 1. The van der Waals surface area contributed by atoms with Crippen LogP contribution < -0.4 is 19.7 Å².